The summed E-state index contributed by atoms with van der Waals surface area (Å²) in [5.41, 5.74) is -2.42. The summed E-state index contributed by atoms with van der Waals surface area (Å²) < 4.78 is 137. The zero-order valence-electron chi connectivity index (χ0n) is 23.0. The van der Waals surface area contributed by atoms with Gasteiger partial charge in [-0.25, -0.2) is 17.2 Å². The molecule has 2 fully saturated rings. The van der Waals surface area contributed by atoms with Gasteiger partial charge in [0.05, 0.1) is 10.9 Å². The molecule has 2 aromatic rings. The smallest absolute Gasteiger partial charge is 0.369 e. The largest absolute Gasteiger partial charge is 0.435 e. The van der Waals surface area contributed by atoms with E-state index in [2.05, 4.69) is 0 Å². The van der Waals surface area contributed by atoms with Gasteiger partial charge in [-0.15, -0.1) is 0 Å². The Balaban J connectivity index is 1.62. The van der Waals surface area contributed by atoms with E-state index in [4.69, 9.17) is 5.73 Å². The van der Waals surface area contributed by atoms with E-state index in [1.807, 2.05) is 0 Å². The summed E-state index contributed by atoms with van der Waals surface area (Å²) in [6, 6.07) is 4.18. The molecule has 15 heteroatoms. The normalized spacial score (nSPS) is 26.2. The molecule has 2 atom stereocenters. The maximum atomic E-state index is 15.0. The van der Waals surface area contributed by atoms with Gasteiger partial charge in [0.25, 0.3) is 0 Å². The topological polar surface area (TPSA) is 97.5 Å². The van der Waals surface area contributed by atoms with Gasteiger partial charge in [-0.05, 0) is 80.3 Å². The van der Waals surface area contributed by atoms with Crippen LogP contribution in [0.4, 0.5) is 35.1 Å². The van der Waals surface area contributed by atoms with Crippen LogP contribution in [-0.2, 0) is 36.3 Å². The van der Waals surface area contributed by atoms with Crippen LogP contribution in [0.25, 0.3) is 0 Å². The van der Waals surface area contributed by atoms with Crippen molar-refractivity contribution in [1.82, 2.24) is 4.90 Å². The van der Waals surface area contributed by atoms with Gasteiger partial charge >= 0.3 is 18.0 Å². The van der Waals surface area contributed by atoms with Crippen molar-refractivity contribution >= 4 is 21.7 Å². The van der Waals surface area contributed by atoms with Crippen molar-refractivity contribution in [2.75, 3.05) is 6.54 Å². The molecule has 2 N–H and O–H groups in total. The third kappa shape index (κ3) is 4.76. The van der Waals surface area contributed by atoms with Crippen molar-refractivity contribution in [1.29, 1.82) is 0 Å². The zero-order chi connectivity index (χ0) is 32.5. The van der Waals surface area contributed by atoms with E-state index >= 15 is 0 Å². The number of hydrogen-bond donors (Lipinski definition) is 1. The molecule has 0 radical (unpaired) electrons. The molecule has 1 heterocycles. The average molecular weight is 653 g/mol. The lowest BCUT2D eigenvalue weighted by atomic mass is 9.76. The van der Waals surface area contributed by atoms with Crippen LogP contribution in [0.15, 0.2) is 47.4 Å². The highest BCUT2D eigenvalue weighted by atomic mass is 32.2. The minimum Gasteiger partial charge on any atom is -0.369 e. The zero-order valence-corrected chi connectivity index (χ0v) is 23.8. The minimum atomic E-state index is -6.36. The highest BCUT2D eigenvalue weighted by Gasteiger charge is 2.74. The van der Waals surface area contributed by atoms with E-state index in [0.29, 0.717) is 37.8 Å². The molecular formula is C29H28F8N2O4S. The number of carbonyl (C=O) groups excluding carboxylic acids is 2. The fourth-order valence-corrected chi connectivity index (χ4v) is 9.54. The molecule has 240 valence electrons. The summed E-state index contributed by atoms with van der Waals surface area (Å²) in [5.74, 6) is -2.57. The summed E-state index contributed by atoms with van der Waals surface area (Å²) in [7, 11) is -4.57. The van der Waals surface area contributed by atoms with Crippen LogP contribution in [-0.4, -0.2) is 50.1 Å². The molecule has 0 bridgehead atoms. The van der Waals surface area contributed by atoms with Gasteiger partial charge in [0.15, 0.2) is 9.84 Å². The van der Waals surface area contributed by atoms with E-state index in [-0.39, 0.29) is 47.7 Å². The molecule has 1 aliphatic heterocycles. The maximum absolute atomic E-state index is 15.0. The first-order valence-electron chi connectivity index (χ1n) is 13.9. The van der Waals surface area contributed by atoms with E-state index in [1.165, 1.54) is 4.90 Å². The quantitative estimate of drug-likeness (QED) is 0.335. The van der Waals surface area contributed by atoms with E-state index < -0.39 is 67.8 Å². The summed E-state index contributed by atoms with van der Waals surface area (Å²) in [6.45, 7) is -0.0982. The van der Waals surface area contributed by atoms with Crippen LogP contribution < -0.4 is 5.73 Å². The minimum absolute atomic E-state index is 0.0982. The molecule has 1 saturated heterocycles. The third-order valence-corrected chi connectivity index (χ3v) is 12.0. The van der Waals surface area contributed by atoms with Gasteiger partial charge in [0.2, 0.25) is 11.8 Å². The van der Waals surface area contributed by atoms with Crippen molar-refractivity contribution in [3.8, 4) is 0 Å². The van der Waals surface area contributed by atoms with Crippen molar-refractivity contribution in [2.24, 2.45) is 17.6 Å². The Kier molecular flexibility index (Phi) is 7.82. The second-order valence-electron chi connectivity index (χ2n) is 11.7. The Morgan fingerprint density at radius 3 is 1.95 bits per heavy atom. The van der Waals surface area contributed by atoms with Gasteiger partial charge in [-0.1, -0.05) is 18.2 Å². The fourth-order valence-electron chi connectivity index (χ4n) is 7.18. The molecule has 44 heavy (non-hydrogen) atoms. The number of sulfone groups is 1. The fraction of sp³-hybridized carbons (Fsp3) is 0.517. The predicted molar refractivity (Wildman–Crippen MR) is 140 cm³/mol. The Labute approximate surface area is 247 Å². The van der Waals surface area contributed by atoms with E-state index in [9.17, 15) is 53.1 Å². The lowest BCUT2D eigenvalue weighted by Gasteiger charge is -2.44. The van der Waals surface area contributed by atoms with Crippen LogP contribution in [0.1, 0.15) is 55.2 Å². The number of amides is 2. The molecule has 2 aromatic carbocycles. The van der Waals surface area contributed by atoms with Gasteiger partial charge in [0.1, 0.15) is 10.6 Å². The first-order chi connectivity index (χ1) is 20.4. The summed E-state index contributed by atoms with van der Waals surface area (Å²) >= 11 is 0. The standard InChI is InChI=1S/C29H28F8N2O4S/c30-20-7-9-21(10-8-20)44(42,43)26-13-14-39(25(41)17-3-1-16(2-4-17)24(38)40)23(26)12-5-18-15-19(6-11-22(18)26)27(31,28(32,33)34)29(35,36)37/h6-11,15-17,23H,1-5,12-14H2,(H2,38,40)/t16-,17-,23-,26-/m1/s1. The van der Waals surface area contributed by atoms with Crippen LogP contribution in [0.3, 0.4) is 0 Å². The number of primary amides is 1. The number of benzene rings is 2. The van der Waals surface area contributed by atoms with E-state index in [1.54, 1.807) is 0 Å². The van der Waals surface area contributed by atoms with Gasteiger partial charge in [0, 0.05) is 23.9 Å². The van der Waals surface area contributed by atoms with Crippen LogP contribution in [0.2, 0.25) is 0 Å². The van der Waals surface area contributed by atoms with Gasteiger partial charge in [-0.2, -0.15) is 26.3 Å². The summed E-state index contributed by atoms with van der Waals surface area (Å²) in [6.07, 6.45) is -12.0. The van der Waals surface area contributed by atoms with Gasteiger partial charge < -0.3 is 10.6 Å². The monoisotopic (exact) mass is 652 g/mol. The molecule has 2 aliphatic carbocycles. The molecule has 5 rings (SSSR count). The molecule has 0 unspecified atom stereocenters. The molecule has 3 aliphatic rings. The number of likely N-dealkylation sites (tertiary alicyclic amines) is 1. The Morgan fingerprint density at radius 2 is 1.41 bits per heavy atom. The number of nitrogens with zero attached hydrogens (tertiary/aromatic N) is 1. The number of fused-ring (bicyclic) bond motifs is 3. The highest BCUT2D eigenvalue weighted by Crippen LogP contribution is 2.57. The summed E-state index contributed by atoms with van der Waals surface area (Å²) in [4.78, 5) is 26.4. The first kappa shape index (κ1) is 32.2. The second-order valence-corrected chi connectivity index (χ2v) is 13.9. The molecule has 6 nitrogen and oxygen atoms in total. The van der Waals surface area contributed by atoms with Crippen molar-refractivity contribution in [2.45, 2.75) is 78.7 Å². The SMILES string of the molecule is NC(=O)[C@H]1CC[C@H](C(=O)N2CC[C@@]3(S(=O)(=O)c4ccc(F)cc4)c4ccc(C(F)(C(F)(F)F)C(F)(F)F)cc4CC[C@@H]23)CC1. The Bertz CT molecular complexity index is 1550. The molecule has 0 spiro atoms. The van der Waals surface area contributed by atoms with Gasteiger partial charge in [-0.3, -0.25) is 9.59 Å². The average Bonchev–Trinajstić information content (AvgIpc) is 3.37. The molecular weight excluding hydrogens is 624 g/mol. The highest BCUT2D eigenvalue weighted by molar-refractivity contribution is 7.92. The number of halogens is 8. The Hall–Kier alpha value is -3.23. The van der Waals surface area contributed by atoms with Crippen molar-refractivity contribution in [3.63, 3.8) is 0 Å². The maximum Gasteiger partial charge on any atom is 0.435 e. The molecule has 2 amide bonds. The number of rotatable bonds is 5. The van der Waals surface area contributed by atoms with Crippen LogP contribution >= 0.6 is 0 Å². The number of aryl methyl sites for hydroxylation is 1. The van der Waals surface area contributed by atoms with E-state index in [0.717, 1.165) is 30.3 Å². The van der Waals surface area contributed by atoms with Crippen molar-refractivity contribution in [3.05, 3.63) is 65.0 Å². The third-order valence-electron chi connectivity index (χ3n) is 9.43. The molecule has 0 aromatic heterocycles. The number of hydrogen-bond acceptors (Lipinski definition) is 4. The summed E-state index contributed by atoms with van der Waals surface area (Å²) in [5, 5.41) is 0. The number of alkyl halides is 7. The predicted octanol–water partition coefficient (Wildman–Crippen LogP) is 5.62. The van der Waals surface area contributed by atoms with Crippen LogP contribution in [0, 0.1) is 17.7 Å². The van der Waals surface area contributed by atoms with Crippen molar-refractivity contribution < 1.29 is 53.1 Å². The lowest BCUT2D eigenvalue weighted by molar-refractivity contribution is -0.348. The second kappa shape index (κ2) is 10.7. The Morgan fingerprint density at radius 1 is 0.841 bits per heavy atom. The van der Waals surface area contributed by atoms with Crippen LogP contribution in [0.5, 0.6) is 0 Å². The lowest BCUT2D eigenvalue weighted by Crippen LogP contribution is -2.54. The number of carbonyl (C=O) groups is 2. The first-order valence-corrected chi connectivity index (χ1v) is 15.4. The number of nitrogens with two attached hydrogens (primary N) is 1. The molecule has 1 saturated carbocycles.